The maximum absolute atomic E-state index is 11.0. The van der Waals surface area contributed by atoms with Crippen molar-refractivity contribution in [3.05, 3.63) is 75.1 Å². The van der Waals surface area contributed by atoms with Crippen molar-refractivity contribution in [2.45, 2.75) is 6.04 Å². The second kappa shape index (κ2) is 6.73. The summed E-state index contributed by atoms with van der Waals surface area (Å²) in [4.78, 5) is 10.6. The number of hydrogen-bond acceptors (Lipinski definition) is 6. The highest BCUT2D eigenvalue weighted by Crippen LogP contribution is 2.25. The molecule has 3 aromatic rings. The van der Waals surface area contributed by atoms with Crippen LogP contribution in [-0.4, -0.2) is 32.2 Å². The average Bonchev–Trinajstić information content (AvgIpc) is 3.05. The Morgan fingerprint density at radius 1 is 1.25 bits per heavy atom. The van der Waals surface area contributed by atoms with Gasteiger partial charge in [0.25, 0.3) is 5.69 Å². The molecule has 0 fully saturated rings. The van der Waals surface area contributed by atoms with E-state index in [-0.39, 0.29) is 5.69 Å². The molecule has 0 saturated carbocycles. The van der Waals surface area contributed by atoms with Gasteiger partial charge in [0, 0.05) is 17.2 Å². The van der Waals surface area contributed by atoms with Crippen molar-refractivity contribution in [2.24, 2.45) is 0 Å². The molecule has 122 valence electrons. The van der Waals surface area contributed by atoms with Gasteiger partial charge in [0.2, 0.25) is 0 Å². The minimum atomic E-state index is -0.434. The zero-order valence-electron chi connectivity index (χ0n) is 12.6. The number of nitro benzene ring substituents is 1. The van der Waals surface area contributed by atoms with Gasteiger partial charge in [-0.15, -0.1) is 5.10 Å². The largest absolute Gasteiger partial charge is 0.307 e. The van der Waals surface area contributed by atoms with Crippen LogP contribution in [0, 0.1) is 10.1 Å². The van der Waals surface area contributed by atoms with Crippen molar-refractivity contribution in [1.29, 1.82) is 0 Å². The average molecular weight is 345 g/mol. The molecule has 0 aliphatic carbocycles. The first-order chi connectivity index (χ1) is 11.6. The third kappa shape index (κ3) is 3.10. The predicted octanol–water partition coefficient (Wildman–Crippen LogP) is 2.53. The lowest BCUT2D eigenvalue weighted by Crippen LogP contribution is -2.22. The summed E-state index contributed by atoms with van der Waals surface area (Å²) in [6.45, 7) is 0. The quantitative estimate of drug-likeness (QED) is 0.564. The summed E-state index contributed by atoms with van der Waals surface area (Å²) in [6, 6.07) is 13.0. The molecule has 0 aliphatic rings. The van der Waals surface area contributed by atoms with E-state index in [1.165, 1.54) is 12.1 Å². The standard InChI is InChI=1S/C15H13ClN6O2/c1-17-14(10-4-2-7-13(8-10)22(23)24)15-18-19-20-21(15)12-6-3-5-11(16)9-12/h2-9,14,17H,1H3. The van der Waals surface area contributed by atoms with Gasteiger partial charge < -0.3 is 5.32 Å². The number of non-ortho nitro benzene ring substituents is 1. The van der Waals surface area contributed by atoms with Crippen LogP contribution in [0.3, 0.4) is 0 Å². The third-order valence-electron chi connectivity index (χ3n) is 3.51. The van der Waals surface area contributed by atoms with Gasteiger partial charge in [0.15, 0.2) is 5.82 Å². The number of aromatic nitrogens is 4. The summed E-state index contributed by atoms with van der Waals surface area (Å²) in [5, 5.41) is 26.5. The number of halogens is 1. The lowest BCUT2D eigenvalue weighted by Gasteiger charge is -2.16. The molecule has 1 N–H and O–H groups in total. The highest BCUT2D eigenvalue weighted by molar-refractivity contribution is 6.30. The fourth-order valence-corrected chi connectivity index (χ4v) is 2.61. The summed E-state index contributed by atoms with van der Waals surface area (Å²) < 4.78 is 1.55. The molecule has 2 aromatic carbocycles. The zero-order chi connectivity index (χ0) is 17.1. The minimum absolute atomic E-state index is 0.00882. The molecule has 9 heteroatoms. The monoisotopic (exact) mass is 344 g/mol. The Balaban J connectivity index is 2.06. The van der Waals surface area contributed by atoms with Gasteiger partial charge in [0.1, 0.15) is 0 Å². The Hall–Kier alpha value is -2.84. The van der Waals surface area contributed by atoms with E-state index in [1.807, 2.05) is 6.07 Å². The Morgan fingerprint density at radius 3 is 2.75 bits per heavy atom. The Kier molecular flexibility index (Phi) is 4.50. The molecular formula is C15H13ClN6O2. The van der Waals surface area contributed by atoms with E-state index in [2.05, 4.69) is 20.8 Å². The Labute approximate surface area is 142 Å². The van der Waals surface area contributed by atoms with Gasteiger partial charge in [-0.1, -0.05) is 29.8 Å². The van der Waals surface area contributed by atoms with Gasteiger partial charge in [-0.3, -0.25) is 10.1 Å². The summed E-state index contributed by atoms with van der Waals surface area (Å²) in [5.74, 6) is 0.500. The summed E-state index contributed by atoms with van der Waals surface area (Å²) in [7, 11) is 1.74. The van der Waals surface area contributed by atoms with Crippen molar-refractivity contribution in [3.8, 4) is 5.69 Å². The zero-order valence-corrected chi connectivity index (χ0v) is 13.4. The number of tetrazole rings is 1. The van der Waals surface area contributed by atoms with E-state index in [0.717, 1.165) is 0 Å². The van der Waals surface area contributed by atoms with Crippen LogP contribution < -0.4 is 5.32 Å². The number of nitro groups is 1. The van der Waals surface area contributed by atoms with Gasteiger partial charge in [0.05, 0.1) is 16.7 Å². The highest BCUT2D eigenvalue weighted by Gasteiger charge is 2.22. The van der Waals surface area contributed by atoms with E-state index >= 15 is 0 Å². The molecule has 1 unspecified atom stereocenters. The first kappa shape index (κ1) is 16.0. The SMILES string of the molecule is CNC(c1cccc([N+](=O)[O-])c1)c1nnnn1-c1cccc(Cl)c1. The smallest absolute Gasteiger partial charge is 0.269 e. The molecule has 1 atom stereocenters. The summed E-state index contributed by atoms with van der Waals surface area (Å²) >= 11 is 6.03. The van der Waals surface area contributed by atoms with Gasteiger partial charge >= 0.3 is 0 Å². The molecule has 0 bridgehead atoms. The minimum Gasteiger partial charge on any atom is -0.307 e. The molecular weight excluding hydrogens is 332 g/mol. The molecule has 24 heavy (non-hydrogen) atoms. The van der Waals surface area contributed by atoms with E-state index in [1.54, 1.807) is 42.1 Å². The van der Waals surface area contributed by atoms with Crippen LogP contribution in [0.5, 0.6) is 0 Å². The molecule has 8 nitrogen and oxygen atoms in total. The van der Waals surface area contributed by atoms with Gasteiger partial charge in [-0.2, -0.15) is 4.68 Å². The third-order valence-corrected chi connectivity index (χ3v) is 3.74. The second-order valence-corrected chi connectivity index (χ2v) is 5.44. The van der Waals surface area contributed by atoms with Gasteiger partial charge in [-0.05, 0) is 41.2 Å². The molecule has 0 spiro atoms. The summed E-state index contributed by atoms with van der Waals surface area (Å²) in [6.07, 6.45) is 0. The number of nitrogens with one attached hydrogen (secondary N) is 1. The first-order valence-corrected chi connectivity index (χ1v) is 7.44. The normalized spacial score (nSPS) is 12.1. The summed E-state index contributed by atoms with van der Waals surface area (Å²) in [5.41, 5.74) is 1.40. The van der Waals surface area contributed by atoms with E-state index in [4.69, 9.17) is 11.6 Å². The topological polar surface area (TPSA) is 98.8 Å². The van der Waals surface area contributed by atoms with Crippen molar-refractivity contribution >= 4 is 17.3 Å². The maximum atomic E-state index is 11.0. The molecule has 0 amide bonds. The van der Waals surface area contributed by atoms with Crippen LogP contribution in [0.1, 0.15) is 17.4 Å². The van der Waals surface area contributed by atoms with Crippen LogP contribution in [0.2, 0.25) is 5.02 Å². The van der Waals surface area contributed by atoms with Crippen molar-refractivity contribution in [2.75, 3.05) is 7.05 Å². The maximum Gasteiger partial charge on any atom is 0.269 e. The number of benzene rings is 2. The Bertz CT molecular complexity index is 882. The number of rotatable bonds is 5. The lowest BCUT2D eigenvalue weighted by atomic mass is 10.1. The first-order valence-electron chi connectivity index (χ1n) is 7.06. The van der Waals surface area contributed by atoms with Crippen molar-refractivity contribution in [1.82, 2.24) is 25.5 Å². The van der Waals surface area contributed by atoms with Crippen LogP contribution in [0.4, 0.5) is 5.69 Å². The van der Waals surface area contributed by atoms with Crippen molar-refractivity contribution < 1.29 is 4.92 Å². The second-order valence-electron chi connectivity index (χ2n) is 5.00. The molecule has 0 radical (unpaired) electrons. The van der Waals surface area contributed by atoms with Crippen molar-refractivity contribution in [3.63, 3.8) is 0 Å². The lowest BCUT2D eigenvalue weighted by molar-refractivity contribution is -0.384. The van der Waals surface area contributed by atoms with E-state index in [9.17, 15) is 10.1 Å². The fraction of sp³-hybridized carbons (Fsp3) is 0.133. The molecule has 3 rings (SSSR count). The molecule has 1 aromatic heterocycles. The molecule has 0 saturated heterocycles. The predicted molar refractivity (Wildman–Crippen MR) is 88.2 cm³/mol. The van der Waals surface area contributed by atoms with Crippen LogP contribution in [0.25, 0.3) is 5.69 Å². The van der Waals surface area contributed by atoms with Crippen LogP contribution in [0.15, 0.2) is 48.5 Å². The van der Waals surface area contributed by atoms with Crippen LogP contribution in [-0.2, 0) is 0 Å². The fourth-order valence-electron chi connectivity index (χ4n) is 2.43. The number of hydrogen-bond donors (Lipinski definition) is 1. The number of nitrogens with zero attached hydrogens (tertiary/aromatic N) is 5. The van der Waals surface area contributed by atoms with Crippen LogP contribution >= 0.6 is 11.6 Å². The molecule has 1 heterocycles. The Morgan fingerprint density at radius 2 is 2.04 bits per heavy atom. The highest BCUT2D eigenvalue weighted by atomic mass is 35.5. The van der Waals surface area contributed by atoms with E-state index < -0.39 is 11.0 Å². The molecule has 0 aliphatic heterocycles. The van der Waals surface area contributed by atoms with E-state index in [0.29, 0.717) is 22.1 Å². The van der Waals surface area contributed by atoms with Gasteiger partial charge in [-0.25, -0.2) is 0 Å².